The number of halogens is 2. The summed E-state index contributed by atoms with van der Waals surface area (Å²) in [4.78, 5) is 24.6. The number of sulfonamides is 1. The predicted octanol–water partition coefficient (Wildman–Crippen LogP) is 5.85. The Morgan fingerprint density at radius 2 is 1.82 bits per heavy atom. The van der Waals surface area contributed by atoms with E-state index in [9.17, 15) is 17.4 Å². The lowest BCUT2D eigenvalue weighted by Gasteiger charge is -2.44. The van der Waals surface area contributed by atoms with Gasteiger partial charge in [-0.3, -0.25) is 4.72 Å². The van der Waals surface area contributed by atoms with Gasteiger partial charge < -0.3 is 9.64 Å². The molecule has 1 saturated heterocycles. The van der Waals surface area contributed by atoms with E-state index in [4.69, 9.17) is 37.9 Å². The molecule has 14 heteroatoms. The highest BCUT2D eigenvalue weighted by molar-refractivity contribution is 7.92. The Kier molecular flexibility index (Phi) is 9.29. The van der Waals surface area contributed by atoms with E-state index in [1.54, 1.807) is 24.3 Å². The number of benzene rings is 2. The van der Waals surface area contributed by atoms with Crippen LogP contribution in [0.5, 0.6) is 0 Å². The van der Waals surface area contributed by atoms with E-state index in [-0.39, 0.29) is 17.2 Å². The summed E-state index contributed by atoms with van der Waals surface area (Å²) < 4.78 is 48.0. The summed E-state index contributed by atoms with van der Waals surface area (Å²) in [5.41, 5.74) is 3.86. The van der Waals surface area contributed by atoms with Gasteiger partial charge in [-0.05, 0) is 81.7 Å². The number of aryl methyl sites for hydroxylation is 1. The number of esters is 1. The summed E-state index contributed by atoms with van der Waals surface area (Å²) in [5, 5.41) is 0.689. The van der Waals surface area contributed by atoms with Crippen molar-refractivity contribution in [3.05, 3.63) is 69.0 Å². The molecule has 0 saturated carbocycles. The molecule has 1 fully saturated rings. The molecule has 1 aliphatic carbocycles. The predicted molar refractivity (Wildman–Crippen MR) is 180 cm³/mol. The molecule has 0 bridgehead atoms. The van der Waals surface area contributed by atoms with Crippen LogP contribution in [0.2, 0.25) is 10.0 Å². The number of hydrogen-bond acceptors (Lipinski definition) is 8. The topological polar surface area (TPSA) is 131 Å². The molecule has 2 aliphatic rings. The van der Waals surface area contributed by atoms with Crippen molar-refractivity contribution in [3.8, 4) is 11.3 Å². The number of hydrogen-bond donors (Lipinski definition) is 2. The molecule has 1 spiro atoms. The van der Waals surface area contributed by atoms with Gasteiger partial charge in [0.2, 0.25) is 10.0 Å². The molecule has 2 N–H and O–H groups in total. The maximum absolute atomic E-state index is 13.4. The van der Waals surface area contributed by atoms with Crippen LogP contribution >= 0.6 is 23.2 Å². The molecule has 1 aliphatic heterocycles. The first-order chi connectivity index (χ1) is 21.0. The van der Waals surface area contributed by atoms with Crippen molar-refractivity contribution >= 4 is 61.7 Å². The third-order valence-electron chi connectivity index (χ3n) is 8.39. The number of aromatic nitrogens is 2. The number of carbonyl (C=O) groups is 1. The zero-order valence-corrected chi connectivity index (χ0v) is 29.2. The average molecular weight is 695 g/mol. The van der Waals surface area contributed by atoms with Crippen molar-refractivity contribution < 1.29 is 22.2 Å². The van der Waals surface area contributed by atoms with E-state index in [1.165, 1.54) is 7.11 Å². The molecule has 2 aromatic carbocycles. The van der Waals surface area contributed by atoms with E-state index in [2.05, 4.69) is 9.44 Å². The Morgan fingerprint density at radius 1 is 1.13 bits per heavy atom. The third kappa shape index (κ3) is 6.85. The second-order valence-electron chi connectivity index (χ2n) is 12.7. The van der Waals surface area contributed by atoms with Crippen LogP contribution in [0.25, 0.3) is 11.3 Å². The van der Waals surface area contributed by atoms with Crippen molar-refractivity contribution in [1.29, 1.82) is 0 Å². The van der Waals surface area contributed by atoms with Crippen LogP contribution in [-0.4, -0.2) is 59.8 Å². The first-order valence-electron chi connectivity index (χ1n) is 14.5. The smallest absolute Gasteiger partial charge is 0.360 e. The number of methoxy groups -OCH3 is 1. The lowest BCUT2D eigenvalue weighted by molar-refractivity contribution is 0.0594. The van der Waals surface area contributed by atoms with E-state index < -0.39 is 31.7 Å². The highest BCUT2D eigenvalue weighted by atomic mass is 35.5. The van der Waals surface area contributed by atoms with E-state index in [0.717, 1.165) is 23.8 Å². The molecule has 2 atom stereocenters. The van der Waals surface area contributed by atoms with Gasteiger partial charge in [0, 0.05) is 24.3 Å². The van der Waals surface area contributed by atoms with Gasteiger partial charge in [0.1, 0.15) is 0 Å². The number of rotatable bonds is 7. The Bertz CT molecular complexity index is 1790. The number of piperidine rings is 1. The van der Waals surface area contributed by atoms with E-state index >= 15 is 0 Å². The lowest BCUT2D eigenvalue weighted by Crippen LogP contribution is -2.48. The van der Waals surface area contributed by atoms with Crippen LogP contribution in [0.1, 0.15) is 67.0 Å². The van der Waals surface area contributed by atoms with Crippen molar-refractivity contribution in [2.24, 2.45) is 5.41 Å². The van der Waals surface area contributed by atoms with Crippen molar-refractivity contribution in [3.63, 3.8) is 0 Å². The average Bonchev–Trinajstić information content (AvgIpc) is 3.24. The molecule has 5 rings (SSSR count). The fourth-order valence-corrected chi connectivity index (χ4v) is 8.01. The molecular weight excluding hydrogens is 657 g/mol. The Morgan fingerprint density at radius 3 is 2.44 bits per heavy atom. The summed E-state index contributed by atoms with van der Waals surface area (Å²) in [6.45, 7) is 8.67. The van der Waals surface area contributed by atoms with Crippen molar-refractivity contribution in [2.75, 3.05) is 36.1 Å². The number of fused-ring (bicyclic) bond motifs is 1. The fraction of sp³-hybridized carbons (Fsp3) is 0.452. The Hall–Kier alpha value is -2.77. The van der Waals surface area contributed by atoms with Crippen LogP contribution in [0.15, 0.2) is 36.4 Å². The molecular formula is C31H37Cl2N5O5S2. The van der Waals surface area contributed by atoms with E-state index in [1.807, 2.05) is 44.7 Å². The summed E-state index contributed by atoms with van der Waals surface area (Å²) in [5.74, 6) is -0.189. The summed E-state index contributed by atoms with van der Waals surface area (Å²) in [6.07, 6.45) is 3.23. The number of nitrogens with zero attached hydrogens (tertiary/aromatic N) is 3. The fourth-order valence-electron chi connectivity index (χ4n) is 6.12. The summed E-state index contributed by atoms with van der Waals surface area (Å²) in [6, 6.07) is 10.5. The monoisotopic (exact) mass is 693 g/mol. The maximum Gasteiger partial charge on any atom is 0.360 e. The Balaban J connectivity index is 1.49. The van der Waals surface area contributed by atoms with Gasteiger partial charge in [0.15, 0.2) is 11.5 Å². The number of ether oxygens (including phenoxy) is 1. The van der Waals surface area contributed by atoms with E-state index in [0.29, 0.717) is 64.4 Å². The molecule has 1 aromatic heterocycles. The minimum atomic E-state index is -3.47. The van der Waals surface area contributed by atoms with Crippen molar-refractivity contribution in [2.45, 2.75) is 57.7 Å². The third-order valence-corrected chi connectivity index (χ3v) is 11.4. The first-order valence-corrected chi connectivity index (χ1v) is 18.3. The largest absolute Gasteiger partial charge is 0.464 e. The molecule has 45 heavy (non-hydrogen) atoms. The normalized spacial score (nSPS) is 18.5. The van der Waals surface area contributed by atoms with Gasteiger partial charge in [-0.1, -0.05) is 41.4 Å². The molecule has 242 valence electrons. The molecule has 3 aromatic rings. The van der Waals surface area contributed by atoms with Gasteiger partial charge in [0.05, 0.1) is 56.6 Å². The zero-order valence-electron chi connectivity index (χ0n) is 26.0. The number of anilines is 2. The molecule has 10 nitrogen and oxygen atoms in total. The minimum Gasteiger partial charge on any atom is -0.464 e. The second-order valence-corrected chi connectivity index (χ2v) is 17.2. The standard InChI is InChI=1S/C31H37Cl2N5O5S2/c1-18-25(21-8-7-9-23(32)24(21)33)35-26(29(39)43-5)28(34-18)38-14-12-31(13-15-38)17-19-10-11-20(37-45(6,41)42)16-22(19)27(31)36-44(40)30(2,3)4/h7-11,16,27,36-37H,12-15,17H2,1-6H3/t27-,44?/m1/s1. The minimum absolute atomic E-state index is 0.0832. The molecule has 1 unspecified atom stereocenters. The second kappa shape index (κ2) is 12.4. The molecule has 0 amide bonds. The first kappa shape index (κ1) is 33.6. The van der Waals surface area contributed by atoms with Crippen molar-refractivity contribution in [1.82, 2.24) is 14.7 Å². The summed E-state index contributed by atoms with van der Waals surface area (Å²) >= 11 is 12.8. The van der Waals surface area contributed by atoms with Crippen LogP contribution < -0.4 is 14.3 Å². The highest BCUT2D eigenvalue weighted by Gasteiger charge is 2.49. The van der Waals surface area contributed by atoms with Gasteiger partial charge in [0.25, 0.3) is 0 Å². The Labute approximate surface area is 276 Å². The highest BCUT2D eigenvalue weighted by Crippen LogP contribution is 2.53. The van der Waals surface area contributed by atoms with Gasteiger partial charge in [-0.25, -0.2) is 32.1 Å². The quantitative estimate of drug-likeness (QED) is 0.295. The van der Waals surface area contributed by atoms with Crippen LogP contribution in [0.3, 0.4) is 0 Å². The van der Waals surface area contributed by atoms with Gasteiger partial charge >= 0.3 is 5.97 Å². The SMILES string of the molecule is COC(=O)c1nc(-c2cccc(Cl)c2Cl)c(C)nc1N1CCC2(CC1)Cc1ccc(NS(C)(=O)=O)cc1[C@H]2NS(=O)C(C)(C)C. The lowest BCUT2D eigenvalue weighted by atomic mass is 9.73. The summed E-state index contributed by atoms with van der Waals surface area (Å²) in [7, 11) is -3.55. The zero-order chi connectivity index (χ0) is 32.9. The molecule has 0 radical (unpaired) electrons. The number of nitrogens with one attached hydrogen (secondary N) is 2. The van der Waals surface area contributed by atoms with Crippen LogP contribution in [0, 0.1) is 12.3 Å². The maximum atomic E-state index is 13.4. The van der Waals surface area contributed by atoms with Crippen LogP contribution in [0.4, 0.5) is 11.5 Å². The van der Waals surface area contributed by atoms with Gasteiger partial charge in [-0.2, -0.15) is 0 Å². The van der Waals surface area contributed by atoms with Crippen LogP contribution in [-0.2, 0) is 32.2 Å². The van der Waals surface area contributed by atoms with Gasteiger partial charge in [-0.15, -0.1) is 0 Å². The molecule has 2 heterocycles. The number of carbonyl (C=O) groups excluding carboxylic acids is 1.